The summed E-state index contributed by atoms with van der Waals surface area (Å²) in [6.45, 7) is 3.74. The molecular formula is C26H29N3OS. The molecule has 160 valence electrons. The van der Waals surface area contributed by atoms with Crippen molar-refractivity contribution in [2.45, 2.75) is 37.9 Å². The van der Waals surface area contributed by atoms with Crippen LogP contribution in [-0.4, -0.2) is 41.5 Å². The highest BCUT2D eigenvalue weighted by atomic mass is 32.1. The Labute approximate surface area is 188 Å². The van der Waals surface area contributed by atoms with Crippen molar-refractivity contribution in [2.75, 3.05) is 19.6 Å². The molecule has 0 spiro atoms. The molecule has 3 heterocycles. The normalized spacial score (nSPS) is 20.6. The molecular weight excluding hydrogens is 402 g/mol. The fourth-order valence-corrected chi connectivity index (χ4v) is 5.70. The van der Waals surface area contributed by atoms with Crippen LogP contribution in [0.2, 0.25) is 0 Å². The molecule has 0 saturated carbocycles. The maximum Gasteiger partial charge on any atom is 0.318 e. The SMILES string of the molecule is O=C1NCCc2ccccc2C(c2ccccc2)N1C1CCN(Cc2ccsc2)CC1. The Morgan fingerprint density at radius 1 is 0.968 bits per heavy atom. The van der Waals surface area contributed by atoms with Crippen LogP contribution in [-0.2, 0) is 13.0 Å². The third-order valence-corrected chi connectivity index (χ3v) is 7.32. The monoisotopic (exact) mass is 431 g/mol. The van der Waals surface area contributed by atoms with Crippen LogP contribution in [0.1, 0.15) is 41.1 Å². The number of carbonyl (C=O) groups is 1. The van der Waals surface area contributed by atoms with Gasteiger partial charge in [0.25, 0.3) is 0 Å². The summed E-state index contributed by atoms with van der Waals surface area (Å²) >= 11 is 1.76. The average Bonchev–Trinajstić information content (AvgIpc) is 3.31. The van der Waals surface area contributed by atoms with Gasteiger partial charge in [0, 0.05) is 32.2 Å². The van der Waals surface area contributed by atoms with Gasteiger partial charge in [0.05, 0.1) is 6.04 Å². The molecule has 2 aliphatic rings. The highest BCUT2D eigenvalue weighted by molar-refractivity contribution is 7.07. The minimum absolute atomic E-state index is 0.0499. The summed E-state index contributed by atoms with van der Waals surface area (Å²) in [5, 5.41) is 7.58. The van der Waals surface area contributed by atoms with Crippen LogP contribution in [0.3, 0.4) is 0 Å². The van der Waals surface area contributed by atoms with E-state index in [-0.39, 0.29) is 18.1 Å². The number of benzene rings is 2. The van der Waals surface area contributed by atoms with Crippen LogP contribution in [0.25, 0.3) is 0 Å². The van der Waals surface area contributed by atoms with Crippen LogP contribution in [0.4, 0.5) is 4.79 Å². The largest absolute Gasteiger partial charge is 0.338 e. The molecule has 1 aromatic heterocycles. The summed E-state index contributed by atoms with van der Waals surface area (Å²) in [6, 6.07) is 21.6. The van der Waals surface area contributed by atoms with Gasteiger partial charge in [0.15, 0.2) is 0 Å². The van der Waals surface area contributed by atoms with E-state index >= 15 is 0 Å². The number of likely N-dealkylation sites (tertiary alicyclic amines) is 1. The minimum Gasteiger partial charge on any atom is -0.338 e. The fraction of sp³-hybridized carbons (Fsp3) is 0.346. The Hall–Kier alpha value is -2.63. The second-order valence-electron chi connectivity index (χ2n) is 8.54. The Balaban J connectivity index is 1.44. The number of amides is 2. The number of urea groups is 1. The van der Waals surface area contributed by atoms with Gasteiger partial charge in [0.2, 0.25) is 0 Å². The Kier molecular flexibility index (Phi) is 6.05. The standard InChI is InChI=1S/C26H29N3OS/c30-26-27-14-10-21-6-4-5-9-24(21)25(22-7-2-1-3-8-22)29(26)23-11-15-28(16-12-23)18-20-13-17-31-19-20/h1-9,13,17,19,23,25H,10-12,14-16,18H2,(H,27,30). The van der Waals surface area contributed by atoms with Gasteiger partial charge in [-0.15, -0.1) is 0 Å². The number of rotatable bonds is 4. The number of piperidine rings is 1. The van der Waals surface area contributed by atoms with Crippen molar-refractivity contribution in [3.63, 3.8) is 0 Å². The second kappa shape index (κ2) is 9.25. The van der Waals surface area contributed by atoms with Gasteiger partial charge in [-0.1, -0.05) is 54.6 Å². The van der Waals surface area contributed by atoms with Gasteiger partial charge in [-0.25, -0.2) is 4.79 Å². The van der Waals surface area contributed by atoms with Gasteiger partial charge >= 0.3 is 6.03 Å². The van der Waals surface area contributed by atoms with Crippen molar-refractivity contribution < 1.29 is 4.79 Å². The van der Waals surface area contributed by atoms with E-state index in [4.69, 9.17) is 0 Å². The van der Waals surface area contributed by atoms with Crippen molar-refractivity contribution in [2.24, 2.45) is 0 Å². The zero-order valence-corrected chi connectivity index (χ0v) is 18.6. The maximum absolute atomic E-state index is 13.4. The number of thiophene rings is 1. The maximum atomic E-state index is 13.4. The molecule has 5 rings (SSSR count). The molecule has 2 aliphatic heterocycles. The summed E-state index contributed by atoms with van der Waals surface area (Å²) in [5.41, 5.74) is 5.18. The quantitative estimate of drug-likeness (QED) is 0.626. The first kappa shape index (κ1) is 20.3. The van der Waals surface area contributed by atoms with E-state index in [2.05, 4.69) is 80.5 Å². The third-order valence-electron chi connectivity index (χ3n) is 6.59. The van der Waals surface area contributed by atoms with Gasteiger partial charge in [-0.3, -0.25) is 4.90 Å². The van der Waals surface area contributed by atoms with E-state index < -0.39 is 0 Å². The lowest BCUT2D eigenvalue weighted by atomic mass is 9.89. The highest BCUT2D eigenvalue weighted by Gasteiger charge is 2.36. The van der Waals surface area contributed by atoms with Crippen molar-refractivity contribution in [1.29, 1.82) is 0 Å². The van der Waals surface area contributed by atoms with Crippen LogP contribution in [0.5, 0.6) is 0 Å². The van der Waals surface area contributed by atoms with E-state index in [9.17, 15) is 4.79 Å². The smallest absolute Gasteiger partial charge is 0.318 e. The predicted molar refractivity (Wildman–Crippen MR) is 126 cm³/mol. The van der Waals surface area contributed by atoms with E-state index in [0.29, 0.717) is 6.54 Å². The zero-order chi connectivity index (χ0) is 21.0. The number of hydrogen-bond donors (Lipinski definition) is 1. The lowest BCUT2D eigenvalue weighted by Gasteiger charge is -2.44. The molecule has 1 fully saturated rings. The Morgan fingerprint density at radius 3 is 2.52 bits per heavy atom. The van der Waals surface area contributed by atoms with Crippen molar-refractivity contribution >= 4 is 17.4 Å². The number of nitrogens with one attached hydrogen (secondary N) is 1. The first-order valence-electron chi connectivity index (χ1n) is 11.2. The van der Waals surface area contributed by atoms with E-state index in [1.165, 1.54) is 22.3 Å². The molecule has 3 aromatic rings. The molecule has 0 aliphatic carbocycles. The second-order valence-corrected chi connectivity index (χ2v) is 9.32. The van der Waals surface area contributed by atoms with Crippen molar-refractivity contribution in [3.8, 4) is 0 Å². The molecule has 1 atom stereocenters. The molecule has 1 saturated heterocycles. The molecule has 5 heteroatoms. The van der Waals surface area contributed by atoms with E-state index in [0.717, 1.165) is 38.9 Å². The first-order chi connectivity index (χ1) is 15.3. The highest BCUT2D eigenvalue weighted by Crippen LogP contribution is 2.36. The van der Waals surface area contributed by atoms with Crippen molar-refractivity contribution in [1.82, 2.24) is 15.1 Å². The average molecular weight is 432 g/mol. The predicted octanol–water partition coefficient (Wildman–Crippen LogP) is 5.07. The first-order valence-corrected chi connectivity index (χ1v) is 12.2. The molecule has 31 heavy (non-hydrogen) atoms. The molecule has 2 aromatic carbocycles. The van der Waals surface area contributed by atoms with Gasteiger partial charge in [-0.05, 0) is 58.3 Å². The minimum atomic E-state index is -0.0499. The molecule has 2 amide bonds. The number of nitrogens with zero attached hydrogens (tertiary/aromatic N) is 2. The third kappa shape index (κ3) is 4.39. The summed E-state index contributed by atoms with van der Waals surface area (Å²) in [6.07, 6.45) is 2.88. The summed E-state index contributed by atoms with van der Waals surface area (Å²) in [7, 11) is 0. The van der Waals surface area contributed by atoms with Crippen LogP contribution >= 0.6 is 11.3 Å². The van der Waals surface area contributed by atoms with Crippen molar-refractivity contribution in [3.05, 3.63) is 93.7 Å². The Morgan fingerprint density at radius 2 is 1.74 bits per heavy atom. The molecule has 0 radical (unpaired) electrons. The summed E-state index contributed by atoms with van der Waals surface area (Å²) in [5.74, 6) is 0. The summed E-state index contributed by atoms with van der Waals surface area (Å²) < 4.78 is 0. The number of hydrogen-bond acceptors (Lipinski definition) is 3. The number of carbonyl (C=O) groups excluding carboxylic acids is 1. The summed E-state index contributed by atoms with van der Waals surface area (Å²) in [4.78, 5) is 18.1. The number of fused-ring (bicyclic) bond motifs is 1. The lowest BCUT2D eigenvalue weighted by Crippen LogP contribution is -2.53. The molecule has 4 nitrogen and oxygen atoms in total. The van der Waals surface area contributed by atoms with Crippen LogP contribution in [0, 0.1) is 0 Å². The molecule has 1 unspecified atom stereocenters. The topological polar surface area (TPSA) is 35.6 Å². The van der Waals surface area contributed by atoms with Gasteiger partial charge < -0.3 is 10.2 Å². The van der Waals surface area contributed by atoms with Gasteiger partial charge in [-0.2, -0.15) is 11.3 Å². The van der Waals surface area contributed by atoms with Crippen LogP contribution < -0.4 is 5.32 Å². The fourth-order valence-electron chi connectivity index (χ4n) is 5.04. The van der Waals surface area contributed by atoms with Crippen LogP contribution in [0.15, 0.2) is 71.4 Å². The lowest BCUT2D eigenvalue weighted by molar-refractivity contribution is 0.0999. The van der Waals surface area contributed by atoms with Gasteiger partial charge in [0.1, 0.15) is 0 Å². The van der Waals surface area contributed by atoms with E-state index in [1.807, 2.05) is 6.07 Å². The zero-order valence-electron chi connectivity index (χ0n) is 17.7. The Bertz CT molecular complexity index is 997. The molecule has 1 N–H and O–H groups in total. The molecule has 0 bridgehead atoms. The van der Waals surface area contributed by atoms with E-state index in [1.54, 1.807) is 11.3 Å².